The maximum absolute atomic E-state index is 12.9. The number of carbonyl (C=O) groups excluding carboxylic acids is 2. The SMILES string of the molecule is CC/C=C\C/C=C\C/C=C\C/C=C\C/C=C\CCCCCC(=O)OC(COC(=O)CCCCCCCCCCC/C=C\CCCCCCCCCC)COP(=O)(O)OC1C(O)C(O)C(O)C(O)C1O. The Balaban J connectivity index is 2.41. The smallest absolute Gasteiger partial charge is 0.462 e. The van der Waals surface area contributed by atoms with Crippen LogP contribution in [0.25, 0.3) is 0 Å². The minimum Gasteiger partial charge on any atom is -0.462 e. The number of unbranched alkanes of at least 4 members (excludes halogenated alkanes) is 20. The van der Waals surface area contributed by atoms with Gasteiger partial charge in [-0.15, -0.1) is 0 Å². The van der Waals surface area contributed by atoms with E-state index in [0.717, 1.165) is 83.5 Å². The Kier molecular flexibility index (Phi) is 41.0. The fraction of sp³-hybridized carbons (Fsp3) is 0.745. The second-order valence-electron chi connectivity index (χ2n) is 18.3. The second kappa shape index (κ2) is 44.0. The third-order valence-electron chi connectivity index (χ3n) is 12.0. The minimum absolute atomic E-state index is 0.0543. The topological polar surface area (TPSA) is 210 Å². The number of rotatable bonds is 44. The van der Waals surface area contributed by atoms with Gasteiger partial charge in [-0.05, 0) is 83.5 Å². The zero-order valence-corrected chi connectivity index (χ0v) is 43.5. The highest BCUT2D eigenvalue weighted by Crippen LogP contribution is 2.47. The molecule has 0 aromatic rings. The Morgan fingerprint density at radius 3 is 1.29 bits per heavy atom. The largest absolute Gasteiger partial charge is 0.472 e. The highest BCUT2D eigenvalue weighted by molar-refractivity contribution is 7.47. The van der Waals surface area contributed by atoms with Gasteiger partial charge in [-0.3, -0.25) is 18.6 Å². The summed E-state index contributed by atoms with van der Waals surface area (Å²) < 4.78 is 33.6. The molecule has 0 aromatic carbocycles. The van der Waals surface area contributed by atoms with Crippen LogP contribution in [-0.4, -0.2) is 98.3 Å². The molecule has 14 heteroatoms. The number of aliphatic hydroxyl groups is 5. The lowest BCUT2D eigenvalue weighted by molar-refractivity contribution is -0.220. The van der Waals surface area contributed by atoms with Crippen LogP contribution >= 0.6 is 7.82 Å². The van der Waals surface area contributed by atoms with Crippen molar-refractivity contribution in [1.82, 2.24) is 0 Å². The first-order valence-electron chi connectivity index (χ1n) is 26.7. The van der Waals surface area contributed by atoms with Gasteiger partial charge in [0.2, 0.25) is 0 Å². The highest BCUT2D eigenvalue weighted by atomic mass is 31.2. The molecule has 69 heavy (non-hydrogen) atoms. The summed E-state index contributed by atoms with van der Waals surface area (Å²) in [4.78, 5) is 35.9. The number of allylic oxidation sites excluding steroid dienone is 12. The molecule has 6 unspecified atom stereocenters. The lowest BCUT2D eigenvalue weighted by Crippen LogP contribution is -2.64. The van der Waals surface area contributed by atoms with E-state index in [4.69, 9.17) is 18.5 Å². The van der Waals surface area contributed by atoms with Crippen molar-refractivity contribution in [2.24, 2.45) is 0 Å². The summed E-state index contributed by atoms with van der Waals surface area (Å²) in [7, 11) is -5.14. The molecule has 6 N–H and O–H groups in total. The van der Waals surface area contributed by atoms with Crippen LogP contribution in [0.15, 0.2) is 72.9 Å². The van der Waals surface area contributed by atoms with Gasteiger partial charge in [-0.2, -0.15) is 0 Å². The Morgan fingerprint density at radius 1 is 0.464 bits per heavy atom. The van der Waals surface area contributed by atoms with E-state index in [9.17, 15) is 44.6 Å². The van der Waals surface area contributed by atoms with Crippen LogP contribution < -0.4 is 0 Å². The highest BCUT2D eigenvalue weighted by Gasteiger charge is 2.51. The van der Waals surface area contributed by atoms with Crippen molar-refractivity contribution in [3.05, 3.63) is 72.9 Å². The molecule has 1 rings (SSSR count). The molecular formula is C55H95O13P. The Labute approximate surface area is 416 Å². The molecule has 0 saturated heterocycles. The van der Waals surface area contributed by atoms with E-state index in [2.05, 4.69) is 86.8 Å². The maximum atomic E-state index is 12.9. The Hall–Kier alpha value is -2.71. The molecule has 1 aliphatic rings. The first kappa shape index (κ1) is 64.3. The molecular weight excluding hydrogens is 900 g/mol. The molecule has 1 aliphatic carbocycles. The van der Waals surface area contributed by atoms with Crippen LogP contribution in [0.3, 0.4) is 0 Å². The van der Waals surface area contributed by atoms with E-state index in [1.54, 1.807) is 0 Å². The molecule has 0 bridgehead atoms. The first-order valence-corrected chi connectivity index (χ1v) is 28.2. The summed E-state index contributed by atoms with van der Waals surface area (Å²) in [6.07, 6.45) is 43.7. The summed E-state index contributed by atoms with van der Waals surface area (Å²) in [5.41, 5.74) is 0. The van der Waals surface area contributed by atoms with Gasteiger partial charge in [0.1, 0.15) is 43.2 Å². The lowest BCUT2D eigenvalue weighted by Gasteiger charge is -2.41. The zero-order valence-electron chi connectivity index (χ0n) is 42.6. The van der Waals surface area contributed by atoms with Crippen LogP contribution in [-0.2, 0) is 32.7 Å². The normalized spacial score (nSPS) is 21.4. The molecule has 0 aliphatic heterocycles. The van der Waals surface area contributed by atoms with Gasteiger partial charge in [0, 0.05) is 12.8 Å². The van der Waals surface area contributed by atoms with Crippen LogP contribution in [0, 0.1) is 0 Å². The van der Waals surface area contributed by atoms with Crippen molar-refractivity contribution in [2.75, 3.05) is 13.2 Å². The molecule has 6 atom stereocenters. The monoisotopic (exact) mass is 995 g/mol. The number of phosphoric acid groups is 1. The van der Waals surface area contributed by atoms with Crippen molar-refractivity contribution in [1.29, 1.82) is 0 Å². The third-order valence-corrected chi connectivity index (χ3v) is 13.0. The maximum Gasteiger partial charge on any atom is 0.472 e. The quantitative estimate of drug-likeness (QED) is 0.0145. The van der Waals surface area contributed by atoms with E-state index in [-0.39, 0.29) is 12.8 Å². The summed E-state index contributed by atoms with van der Waals surface area (Å²) in [6, 6.07) is 0. The Bertz CT molecular complexity index is 1480. The number of aliphatic hydroxyl groups excluding tert-OH is 5. The fourth-order valence-electron chi connectivity index (χ4n) is 7.78. The number of hydrogen-bond donors (Lipinski definition) is 6. The first-order chi connectivity index (χ1) is 33.4. The van der Waals surface area contributed by atoms with Crippen molar-refractivity contribution in [3.8, 4) is 0 Å². The summed E-state index contributed by atoms with van der Waals surface area (Å²) in [6.45, 7) is 3.18. The van der Waals surface area contributed by atoms with Gasteiger partial charge >= 0.3 is 19.8 Å². The molecule has 1 fully saturated rings. The van der Waals surface area contributed by atoms with Gasteiger partial charge in [-0.1, -0.05) is 183 Å². The van der Waals surface area contributed by atoms with Crippen molar-refractivity contribution in [3.63, 3.8) is 0 Å². The predicted octanol–water partition coefficient (Wildman–Crippen LogP) is 11.8. The average Bonchev–Trinajstić information content (AvgIpc) is 3.33. The fourth-order valence-corrected chi connectivity index (χ4v) is 8.75. The van der Waals surface area contributed by atoms with Gasteiger partial charge < -0.3 is 39.9 Å². The van der Waals surface area contributed by atoms with E-state index in [0.29, 0.717) is 12.8 Å². The van der Waals surface area contributed by atoms with Crippen LogP contribution in [0.4, 0.5) is 0 Å². The van der Waals surface area contributed by atoms with Gasteiger partial charge in [0.25, 0.3) is 0 Å². The minimum atomic E-state index is -5.14. The number of hydrogen-bond acceptors (Lipinski definition) is 12. The summed E-state index contributed by atoms with van der Waals surface area (Å²) in [5.74, 6) is -1.14. The van der Waals surface area contributed by atoms with E-state index < -0.39 is 75.7 Å². The van der Waals surface area contributed by atoms with E-state index >= 15 is 0 Å². The molecule has 0 radical (unpaired) electrons. The van der Waals surface area contributed by atoms with Gasteiger partial charge in [0.05, 0.1) is 6.61 Å². The molecule has 1 saturated carbocycles. The Morgan fingerprint density at radius 2 is 0.826 bits per heavy atom. The molecule has 398 valence electrons. The molecule has 0 aromatic heterocycles. The standard InChI is InChI=1S/C55H95O13P/c1-3-5-7-9-11-13-15-17-19-21-23-24-26-27-29-31-33-35-37-39-41-43-48(56)65-45-47(46-66-69(63,64)68-55-53(61)51(59)50(58)52(60)54(55)62)67-49(57)44-42-40-38-36-34-32-30-28-25-22-20-18-16-14-12-10-8-6-4-2/h6,8,12,14,18,20-21,23,25,28,32,34,47,50-55,58-62H,3-5,7,9-11,13,15-17,19,22,24,26-27,29-31,33,35-46H2,1-2H3,(H,63,64)/b8-6-,14-12-,20-18-,23-21-,28-25-,34-32-. The predicted molar refractivity (Wildman–Crippen MR) is 276 cm³/mol. The van der Waals surface area contributed by atoms with Crippen LogP contribution in [0.5, 0.6) is 0 Å². The number of esters is 2. The number of phosphoric ester groups is 1. The van der Waals surface area contributed by atoms with Crippen molar-refractivity contribution in [2.45, 2.75) is 249 Å². The van der Waals surface area contributed by atoms with Crippen molar-refractivity contribution >= 4 is 19.8 Å². The number of carbonyl (C=O) groups is 2. The van der Waals surface area contributed by atoms with Gasteiger partial charge in [-0.25, -0.2) is 4.57 Å². The van der Waals surface area contributed by atoms with Crippen molar-refractivity contribution < 1.29 is 63.1 Å². The molecule has 13 nitrogen and oxygen atoms in total. The van der Waals surface area contributed by atoms with Crippen LogP contribution in [0.2, 0.25) is 0 Å². The van der Waals surface area contributed by atoms with E-state index in [1.165, 1.54) is 83.5 Å². The molecule has 0 heterocycles. The second-order valence-corrected chi connectivity index (χ2v) is 19.8. The van der Waals surface area contributed by atoms with Crippen LogP contribution in [0.1, 0.15) is 206 Å². The summed E-state index contributed by atoms with van der Waals surface area (Å²) in [5, 5.41) is 50.3. The molecule has 0 amide bonds. The van der Waals surface area contributed by atoms with E-state index in [1.807, 2.05) is 0 Å². The lowest BCUT2D eigenvalue weighted by atomic mass is 9.85. The zero-order chi connectivity index (χ0) is 50.6. The number of ether oxygens (including phenoxy) is 2. The molecule has 0 spiro atoms. The summed E-state index contributed by atoms with van der Waals surface area (Å²) >= 11 is 0. The average molecular weight is 995 g/mol. The van der Waals surface area contributed by atoms with Gasteiger partial charge in [0.15, 0.2) is 6.10 Å². The third kappa shape index (κ3) is 36.0.